The quantitative estimate of drug-likeness (QED) is 0.0962. The zero-order chi connectivity index (χ0) is 43.2. The second-order valence-corrected chi connectivity index (χ2v) is 15.5. The largest absolute Gasteiger partial charge is 0.487 e. The Hall–Kier alpha value is -8.12. The number of pyridine rings is 2. The van der Waals surface area contributed by atoms with Crippen molar-refractivity contribution in [3.8, 4) is 11.5 Å². The van der Waals surface area contributed by atoms with Crippen molar-refractivity contribution in [1.29, 1.82) is 0 Å². The minimum absolute atomic E-state index is 0.451. The lowest BCUT2D eigenvalue weighted by atomic mass is 10.0. The van der Waals surface area contributed by atoms with Crippen molar-refractivity contribution < 1.29 is 9.47 Å². The standard InChI is InChI=1S/2C26H23N5O/c1-2-10-25-22(8-1)13-14-23(27-25)18-32-24-9-4-6-20(16-24)12-11-19-5-3-7-21(15-19)17-26-28-30-31-29-26;1-2-7-25-22(5-1)14-15-23(27-25)18-32-24-6-3-4-20(16-24)11-8-19-9-12-21(13-10-19)17-26-28-30-31-29-26/h1-10,13-16H,11-12,17-18H2,(H,28,29,30,31);1-7,9-10,12-16H,8,11,17-18H2,(H,28,29,30,31). The molecule has 10 aromatic rings. The third-order valence-corrected chi connectivity index (χ3v) is 10.8. The van der Waals surface area contributed by atoms with E-state index in [1.165, 1.54) is 33.4 Å². The molecule has 0 atom stereocenters. The first-order valence-electron chi connectivity index (χ1n) is 21.4. The number of tetrazole rings is 2. The lowest BCUT2D eigenvalue weighted by molar-refractivity contribution is 0.301. The van der Waals surface area contributed by atoms with Crippen LogP contribution in [-0.2, 0) is 51.7 Å². The number of fused-ring (bicyclic) bond motifs is 2. The molecular formula is C52H46N10O2. The summed E-state index contributed by atoms with van der Waals surface area (Å²) in [6, 6.07) is 58.2. The number of aryl methyl sites for hydroxylation is 4. The van der Waals surface area contributed by atoms with Crippen LogP contribution in [0.1, 0.15) is 56.4 Å². The molecule has 12 nitrogen and oxygen atoms in total. The number of hydrogen-bond acceptors (Lipinski definition) is 10. The molecule has 6 aromatic carbocycles. The van der Waals surface area contributed by atoms with Crippen LogP contribution in [0.4, 0.5) is 0 Å². The second kappa shape index (κ2) is 20.6. The molecule has 0 aliphatic rings. The number of para-hydroxylation sites is 2. The van der Waals surface area contributed by atoms with Crippen molar-refractivity contribution in [3.05, 3.63) is 226 Å². The molecule has 0 saturated heterocycles. The van der Waals surface area contributed by atoms with Crippen LogP contribution >= 0.6 is 0 Å². The van der Waals surface area contributed by atoms with Crippen molar-refractivity contribution in [2.45, 2.75) is 51.7 Å². The summed E-state index contributed by atoms with van der Waals surface area (Å²) in [6.45, 7) is 0.906. The molecule has 0 saturated carbocycles. The lowest BCUT2D eigenvalue weighted by Crippen LogP contribution is -1.99. The summed E-state index contributed by atoms with van der Waals surface area (Å²) in [4.78, 5) is 9.37. The van der Waals surface area contributed by atoms with Gasteiger partial charge in [-0.05, 0) is 128 Å². The molecule has 10 rings (SSSR count). The summed E-state index contributed by atoms with van der Waals surface area (Å²) < 4.78 is 12.0. The van der Waals surface area contributed by atoms with Crippen molar-refractivity contribution in [2.24, 2.45) is 0 Å². The molecule has 0 spiro atoms. The monoisotopic (exact) mass is 842 g/mol. The first-order valence-corrected chi connectivity index (χ1v) is 21.4. The maximum absolute atomic E-state index is 6.03. The molecule has 0 aliphatic heterocycles. The van der Waals surface area contributed by atoms with E-state index in [4.69, 9.17) is 9.47 Å². The van der Waals surface area contributed by atoms with Crippen LogP contribution in [0.25, 0.3) is 21.8 Å². The molecule has 0 radical (unpaired) electrons. The van der Waals surface area contributed by atoms with Gasteiger partial charge in [-0.15, -0.1) is 10.2 Å². The molecule has 316 valence electrons. The fourth-order valence-corrected chi connectivity index (χ4v) is 7.46. The van der Waals surface area contributed by atoms with E-state index < -0.39 is 0 Å². The van der Waals surface area contributed by atoms with Crippen LogP contribution in [0.2, 0.25) is 0 Å². The molecule has 0 unspecified atom stereocenters. The Labute approximate surface area is 370 Å². The van der Waals surface area contributed by atoms with Gasteiger partial charge in [0, 0.05) is 23.6 Å². The van der Waals surface area contributed by atoms with E-state index >= 15 is 0 Å². The van der Waals surface area contributed by atoms with Gasteiger partial charge in [0.2, 0.25) is 0 Å². The van der Waals surface area contributed by atoms with E-state index in [0.29, 0.717) is 26.1 Å². The van der Waals surface area contributed by atoms with Gasteiger partial charge >= 0.3 is 0 Å². The topological polar surface area (TPSA) is 153 Å². The third kappa shape index (κ3) is 11.6. The number of H-pyrrole nitrogens is 2. The molecule has 0 fully saturated rings. The minimum atomic E-state index is 0.451. The number of nitrogens with zero attached hydrogens (tertiary/aromatic N) is 8. The van der Waals surface area contributed by atoms with Gasteiger partial charge < -0.3 is 9.47 Å². The van der Waals surface area contributed by atoms with Gasteiger partial charge in [-0.25, -0.2) is 20.2 Å². The third-order valence-electron chi connectivity index (χ3n) is 10.8. The molecule has 4 aromatic heterocycles. The summed E-state index contributed by atoms with van der Waals surface area (Å²) >= 11 is 0. The zero-order valence-electron chi connectivity index (χ0n) is 35.2. The molecular weight excluding hydrogens is 797 g/mol. The average Bonchev–Trinajstić information content (AvgIpc) is 4.07. The van der Waals surface area contributed by atoms with Gasteiger partial charge in [-0.3, -0.25) is 0 Å². The molecule has 4 heterocycles. The number of nitrogens with one attached hydrogen (secondary N) is 2. The fraction of sp³-hybridized carbons (Fsp3) is 0.154. The summed E-state index contributed by atoms with van der Waals surface area (Å²) in [5, 5.41) is 30.3. The summed E-state index contributed by atoms with van der Waals surface area (Å²) in [7, 11) is 0. The van der Waals surface area contributed by atoms with E-state index in [2.05, 4.69) is 148 Å². The fourth-order valence-electron chi connectivity index (χ4n) is 7.46. The van der Waals surface area contributed by atoms with Crippen LogP contribution in [0.3, 0.4) is 0 Å². The van der Waals surface area contributed by atoms with Gasteiger partial charge in [0.05, 0.1) is 22.4 Å². The maximum Gasteiger partial charge on any atom is 0.152 e. The summed E-state index contributed by atoms with van der Waals surface area (Å²) in [5.74, 6) is 3.28. The number of hydrogen-bond donors (Lipinski definition) is 2. The summed E-state index contributed by atoms with van der Waals surface area (Å²) in [5.41, 5.74) is 11.3. The highest BCUT2D eigenvalue weighted by Gasteiger charge is 2.07. The Bertz CT molecular complexity index is 3030. The van der Waals surface area contributed by atoms with Crippen LogP contribution in [-0.4, -0.2) is 51.2 Å². The van der Waals surface area contributed by atoms with Gasteiger partial charge in [0.1, 0.15) is 24.7 Å². The van der Waals surface area contributed by atoms with E-state index in [1.807, 2.05) is 72.8 Å². The number of benzene rings is 6. The number of ether oxygens (including phenoxy) is 2. The number of aromatic amines is 2. The van der Waals surface area contributed by atoms with E-state index in [0.717, 1.165) is 82.0 Å². The number of rotatable bonds is 16. The van der Waals surface area contributed by atoms with Gasteiger partial charge in [0.25, 0.3) is 0 Å². The Morgan fingerprint density at radius 3 is 1.36 bits per heavy atom. The first kappa shape index (κ1) is 41.2. The predicted molar refractivity (Wildman–Crippen MR) is 247 cm³/mol. The van der Waals surface area contributed by atoms with E-state index in [-0.39, 0.29) is 0 Å². The Morgan fingerprint density at radius 1 is 0.375 bits per heavy atom. The van der Waals surface area contributed by atoms with E-state index in [9.17, 15) is 0 Å². The normalized spacial score (nSPS) is 11.0. The van der Waals surface area contributed by atoms with Gasteiger partial charge in [0.15, 0.2) is 11.6 Å². The first-order chi connectivity index (χ1) is 31.6. The molecule has 0 bridgehead atoms. The van der Waals surface area contributed by atoms with Gasteiger partial charge in [-0.1, -0.05) is 121 Å². The van der Waals surface area contributed by atoms with Crippen molar-refractivity contribution >= 4 is 21.8 Å². The number of aromatic nitrogens is 10. The van der Waals surface area contributed by atoms with Gasteiger partial charge in [-0.2, -0.15) is 0 Å². The predicted octanol–water partition coefficient (Wildman–Crippen LogP) is 9.41. The zero-order valence-corrected chi connectivity index (χ0v) is 35.2. The molecule has 0 aliphatic carbocycles. The van der Waals surface area contributed by atoms with Crippen molar-refractivity contribution in [3.63, 3.8) is 0 Å². The minimum Gasteiger partial charge on any atom is -0.487 e. The molecule has 12 heteroatoms. The summed E-state index contributed by atoms with van der Waals surface area (Å²) in [6.07, 6.45) is 5.24. The molecule has 2 N–H and O–H groups in total. The highest BCUT2D eigenvalue weighted by molar-refractivity contribution is 5.79. The van der Waals surface area contributed by atoms with Crippen LogP contribution in [0, 0.1) is 0 Å². The van der Waals surface area contributed by atoms with Crippen LogP contribution < -0.4 is 9.47 Å². The van der Waals surface area contributed by atoms with Crippen LogP contribution in [0.15, 0.2) is 170 Å². The maximum atomic E-state index is 6.03. The van der Waals surface area contributed by atoms with E-state index in [1.54, 1.807) is 0 Å². The Morgan fingerprint density at radius 2 is 0.828 bits per heavy atom. The smallest absolute Gasteiger partial charge is 0.152 e. The highest BCUT2D eigenvalue weighted by Crippen LogP contribution is 2.21. The van der Waals surface area contributed by atoms with Crippen molar-refractivity contribution in [1.82, 2.24) is 51.2 Å². The van der Waals surface area contributed by atoms with Crippen LogP contribution in [0.5, 0.6) is 11.5 Å². The Balaban J connectivity index is 0.000000162. The highest BCUT2D eigenvalue weighted by atomic mass is 16.5. The van der Waals surface area contributed by atoms with Crippen molar-refractivity contribution in [2.75, 3.05) is 0 Å². The average molecular weight is 843 g/mol. The SMILES string of the molecule is c1cc(CCc2ccc(Cc3nnn[nH]3)cc2)cc(OCc2ccc3ccccc3n2)c1.c1cc(CCc2cccc(OCc3ccc4ccccc4n3)c2)cc(Cc2nnn[nH]2)c1. The Kier molecular flexibility index (Phi) is 13.3. The molecule has 64 heavy (non-hydrogen) atoms. The lowest BCUT2D eigenvalue weighted by Gasteiger charge is -2.09. The second-order valence-electron chi connectivity index (χ2n) is 15.5. The molecule has 0 amide bonds.